The van der Waals surface area contributed by atoms with Gasteiger partial charge in [0.25, 0.3) is 0 Å². The molecule has 0 amide bonds. The second-order valence-electron chi connectivity index (χ2n) is 4.64. The topological polar surface area (TPSA) is 0 Å². The fourth-order valence-electron chi connectivity index (χ4n) is 1.97. The molecule has 0 saturated carbocycles. The van der Waals surface area contributed by atoms with Gasteiger partial charge in [0.05, 0.1) is 5.56 Å². The van der Waals surface area contributed by atoms with Crippen molar-refractivity contribution >= 4 is 27.7 Å². The van der Waals surface area contributed by atoms with Crippen LogP contribution in [0, 0.1) is 0 Å². The van der Waals surface area contributed by atoms with Gasteiger partial charge in [-0.1, -0.05) is 40.2 Å². The summed E-state index contributed by atoms with van der Waals surface area (Å²) in [5.41, 5.74) is 1.38. The van der Waals surface area contributed by atoms with E-state index in [0.29, 0.717) is 6.42 Å². The molecule has 1 atom stereocenters. The monoisotopic (exact) mass is 374 g/mol. The van der Waals surface area contributed by atoms with Crippen molar-refractivity contribution in [3.63, 3.8) is 0 Å². The van der Waals surface area contributed by atoms with E-state index in [9.17, 15) is 13.2 Å². The summed E-state index contributed by atoms with van der Waals surface area (Å²) in [6, 6.07) is 13.5. The highest BCUT2D eigenvalue weighted by atomic mass is 79.9. The Morgan fingerprint density at radius 3 is 2.05 bits per heavy atom. The lowest BCUT2D eigenvalue weighted by Crippen LogP contribution is -2.05. The minimum absolute atomic E-state index is 0.0881. The first-order chi connectivity index (χ1) is 9.90. The molecule has 112 valence electrons. The van der Waals surface area contributed by atoms with E-state index in [1.54, 1.807) is 11.8 Å². The zero-order chi connectivity index (χ0) is 15.5. The van der Waals surface area contributed by atoms with E-state index in [1.807, 2.05) is 30.5 Å². The fraction of sp³-hybridized carbons (Fsp3) is 0.250. The first-order valence-electron chi connectivity index (χ1n) is 6.34. The molecule has 5 heteroatoms. The Balaban J connectivity index is 2.06. The maximum Gasteiger partial charge on any atom is 0.416 e. The third kappa shape index (κ3) is 4.51. The van der Waals surface area contributed by atoms with E-state index in [2.05, 4.69) is 15.9 Å². The first kappa shape index (κ1) is 16.4. The Morgan fingerprint density at radius 1 is 1.00 bits per heavy atom. The maximum atomic E-state index is 12.5. The van der Waals surface area contributed by atoms with Crippen molar-refractivity contribution in [3.8, 4) is 0 Å². The molecule has 2 rings (SSSR count). The molecule has 0 saturated heterocycles. The van der Waals surface area contributed by atoms with Gasteiger partial charge in [0.15, 0.2) is 0 Å². The quantitative estimate of drug-likeness (QED) is 0.459. The summed E-state index contributed by atoms with van der Waals surface area (Å²) in [4.78, 5) is 1.28. The molecular formula is C16H14BrF3S. The van der Waals surface area contributed by atoms with Crippen molar-refractivity contribution in [2.45, 2.75) is 22.3 Å². The normalized spacial score (nSPS) is 13.2. The summed E-state index contributed by atoms with van der Waals surface area (Å²) in [6.07, 6.45) is -1.61. The number of rotatable bonds is 4. The van der Waals surface area contributed by atoms with Gasteiger partial charge in [0.1, 0.15) is 0 Å². The van der Waals surface area contributed by atoms with E-state index < -0.39 is 11.7 Å². The van der Waals surface area contributed by atoms with E-state index in [1.165, 1.54) is 17.0 Å². The van der Waals surface area contributed by atoms with Crippen molar-refractivity contribution in [1.29, 1.82) is 0 Å². The summed E-state index contributed by atoms with van der Waals surface area (Å²) in [5, 5.41) is 0. The van der Waals surface area contributed by atoms with Crippen molar-refractivity contribution in [3.05, 3.63) is 65.2 Å². The van der Waals surface area contributed by atoms with Crippen LogP contribution in [0.2, 0.25) is 0 Å². The molecule has 0 nitrogen and oxygen atoms in total. The predicted molar refractivity (Wildman–Crippen MR) is 85.0 cm³/mol. The van der Waals surface area contributed by atoms with E-state index in [0.717, 1.165) is 23.3 Å². The third-order valence-corrected chi connectivity index (χ3v) is 4.77. The van der Waals surface area contributed by atoms with Gasteiger partial charge in [-0.3, -0.25) is 0 Å². The zero-order valence-corrected chi connectivity index (χ0v) is 13.7. The molecule has 0 radical (unpaired) electrons. The van der Waals surface area contributed by atoms with Crippen LogP contribution in [0.4, 0.5) is 13.2 Å². The standard InChI is InChI=1S/C16H14BrF3S/c1-21-14-8-4-12(5-9-14)15(17)10-11-2-6-13(7-3-11)16(18,19)20/h2-9,15H,10H2,1H3. The number of halogens is 4. The van der Waals surface area contributed by atoms with Gasteiger partial charge < -0.3 is 0 Å². The average Bonchev–Trinajstić information content (AvgIpc) is 2.47. The highest BCUT2D eigenvalue weighted by Gasteiger charge is 2.29. The summed E-state index contributed by atoms with van der Waals surface area (Å²) in [6.45, 7) is 0. The number of thioether (sulfide) groups is 1. The van der Waals surface area contributed by atoms with Gasteiger partial charge in [-0.05, 0) is 48.1 Å². The largest absolute Gasteiger partial charge is 0.416 e. The molecule has 0 fully saturated rings. The molecule has 1 unspecified atom stereocenters. The van der Waals surface area contributed by atoms with Crippen LogP contribution in [0.1, 0.15) is 21.5 Å². The Hall–Kier alpha value is -0.940. The smallest absolute Gasteiger partial charge is 0.166 e. The highest BCUT2D eigenvalue weighted by molar-refractivity contribution is 9.09. The Bertz CT molecular complexity index is 576. The molecule has 0 spiro atoms. The molecule has 21 heavy (non-hydrogen) atoms. The summed E-state index contributed by atoms with van der Waals surface area (Å²) < 4.78 is 37.5. The summed E-state index contributed by atoms with van der Waals surface area (Å²) >= 11 is 5.27. The van der Waals surface area contributed by atoms with Crippen LogP contribution in [-0.2, 0) is 12.6 Å². The van der Waals surface area contributed by atoms with Crippen molar-refractivity contribution < 1.29 is 13.2 Å². The van der Waals surface area contributed by atoms with E-state index in [4.69, 9.17) is 0 Å². The Morgan fingerprint density at radius 2 is 1.57 bits per heavy atom. The fourth-order valence-corrected chi connectivity index (χ4v) is 3.05. The Kier molecular flexibility index (Phi) is 5.38. The number of hydrogen-bond donors (Lipinski definition) is 0. The lowest BCUT2D eigenvalue weighted by Gasteiger charge is -2.12. The van der Waals surface area contributed by atoms with Crippen LogP contribution >= 0.6 is 27.7 Å². The molecule has 2 aromatic carbocycles. The molecular weight excluding hydrogens is 361 g/mol. The van der Waals surface area contributed by atoms with Crippen LogP contribution in [0.5, 0.6) is 0 Å². The van der Waals surface area contributed by atoms with Gasteiger partial charge in [-0.2, -0.15) is 13.2 Å². The zero-order valence-electron chi connectivity index (χ0n) is 11.3. The van der Waals surface area contributed by atoms with Crippen LogP contribution < -0.4 is 0 Å². The molecule has 0 N–H and O–H groups in total. The van der Waals surface area contributed by atoms with Gasteiger partial charge in [0, 0.05) is 9.72 Å². The summed E-state index contributed by atoms with van der Waals surface area (Å²) in [5.74, 6) is 0. The third-order valence-electron chi connectivity index (χ3n) is 3.17. The molecule has 0 aliphatic heterocycles. The van der Waals surface area contributed by atoms with Crippen LogP contribution in [0.25, 0.3) is 0 Å². The maximum absolute atomic E-state index is 12.5. The molecule has 0 heterocycles. The van der Waals surface area contributed by atoms with Crippen molar-refractivity contribution in [2.24, 2.45) is 0 Å². The Labute approximate surface area is 134 Å². The van der Waals surface area contributed by atoms with Gasteiger partial charge in [0.2, 0.25) is 0 Å². The van der Waals surface area contributed by atoms with Crippen molar-refractivity contribution in [2.75, 3.05) is 6.26 Å². The van der Waals surface area contributed by atoms with E-state index in [-0.39, 0.29) is 4.83 Å². The van der Waals surface area contributed by atoms with Gasteiger partial charge in [-0.15, -0.1) is 11.8 Å². The molecule has 2 aromatic rings. The van der Waals surface area contributed by atoms with Crippen LogP contribution in [0.3, 0.4) is 0 Å². The van der Waals surface area contributed by atoms with Gasteiger partial charge in [-0.25, -0.2) is 0 Å². The van der Waals surface area contributed by atoms with Gasteiger partial charge >= 0.3 is 6.18 Å². The molecule has 0 aliphatic rings. The summed E-state index contributed by atoms with van der Waals surface area (Å²) in [7, 11) is 0. The second-order valence-corrected chi connectivity index (χ2v) is 6.62. The van der Waals surface area contributed by atoms with Crippen LogP contribution in [0.15, 0.2) is 53.4 Å². The lowest BCUT2D eigenvalue weighted by atomic mass is 10.0. The van der Waals surface area contributed by atoms with E-state index >= 15 is 0 Å². The number of benzene rings is 2. The minimum Gasteiger partial charge on any atom is -0.166 e. The molecule has 0 bridgehead atoms. The number of alkyl halides is 4. The van der Waals surface area contributed by atoms with Crippen molar-refractivity contribution in [1.82, 2.24) is 0 Å². The van der Waals surface area contributed by atoms with Crippen LogP contribution in [-0.4, -0.2) is 6.26 Å². The minimum atomic E-state index is -4.28. The predicted octanol–water partition coefficient (Wildman–Crippen LogP) is 6.11. The second kappa shape index (κ2) is 6.88. The first-order valence-corrected chi connectivity index (χ1v) is 8.48. The highest BCUT2D eigenvalue weighted by Crippen LogP contribution is 2.31. The number of hydrogen-bond acceptors (Lipinski definition) is 1. The SMILES string of the molecule is CSc1ccc(C(Br)Cc2ccc(C(F)(F)F)cc2)cc1. The average molecular weight is 375 g/mol. The molecule has 0 aliphatic carbocycles. The molecule has 0 aromatic heterocycles. The lowest BCUT2D eigenvalue weighted by molar-refractivity contribution is -0.137.